The first-order valence-electron chi connectivity index (χ1n) is 7.45. The van der Waals surface area contributed by atoms with Gasteiger partial charge in [0.05, 0.1) is 5.69 Å². The van der Waals surface area contributed by atoms with Crippen LogP contribution in [0.2, 0.25) is 0 Å². The van der Waals surface area contributed by atoms with E-state index in [-0.39, 0.29) is 5.82 Å². The summed E-state index contributed by atoms with van der Waals surface area (Å²) in [7, 11) is 0. The van der Waals surface area contributed by atoms with Crippen LogP contribution in [0.5, 0.6) is 0 Å². The molecule has 0 aliphatic heterocycles. The SMILES string of the molecule is Cc1nc(-c2ccccc2)oc1-c1csc(-c2ccc(F)cc2)n1. The number of nitrogens with zero attached hydrogens (tertiary/aromatic N) is 2. The molecular weight excluding hydrogens is 323 g/mol. The maximum atomic E-state index is 13.0. The molecule has 118 valence electrons. The third kappa shape index (κ3) is 2.74. The van der Waals surface area contributed by atoms with Gasteiger partial charge in [-0.15, -0.1) is 11.3 Å². The smallest absolute Gasteiger partial charge is 0.227 e. The maximum Gasteiger partial charge on any atom is 0.227 e. The van der Waals surface area contributed by atoms with Crippen LogP contribution < -0.4 is 0 Å². The lowest BCUT2D eigenvalue weighted by atomic mass is 10.2. The van der Waals surface area contributed by atoms with Gasteiger partial charge in [-0.2, -0.15) is 0 Å². The number of hydrogen-bond acceptors (Lipinski definition) is 4. The Morgan fingerprint density at radius 3 is 2.42 bits per heavy atom. The van der Waals surface area contributed by atoms with Crippen LogP contribution in [0, 0.1) is 12.7 Å². The number of aromatic nitrogens is 2. The number of rotatable bonds is 3. The molecule has 0 spiro atoms. The summed E-state index contributed by atoms with van der Waals surface area (Å²) in [6, 6.07) is 16.1. The Kier molecular flexibility index (Phi) is 3.70. The first kappa shape index (κ1) is 14.8. The summed E-state index contributed by atoms with van der Waals surface area (Å²) in [5, 5.41) is 2.75. The zero-order valence-electron chi connectivity index (χ0n) is 12.9. The predicted molar refractivity (Wildman–Crippen MR) is 93.2 cm³/mol. The highest BCUT2D eigenvalue weighted by molar-refractivity contribution is 7.13. The molecule has 0 amide bonds. The zero-order chi connectivity index (χ0) is 16.5. The third-order valence-electron chi connectivity index (χ3n) is 3.65. The van der Waals surface area contributed by atoms with E-state index in [4.69, 9.17) is 4.42 Å². The average Bonchev–Trinajstić information content (AvgIpc) is 3.23. The number of aryl methyl sites for hydroxylation is 1. The van der Waals surface area contributed by atoms with Crippen molar-refractivity contribution in [1.29, 1.82) is 0 Å². The number of benzene rings is 2. The van der Waals surface area contributed by atoms with Crippen LogP contribution in [0.1, 0.15) is 5.69 Å². The number of hydrogen-bond donors (Lipinski definition) is 0. The summed E-state index contributed by atoms with van der Waals surface area (Å²) in [6.07, 6.45) is 0. The van der Waals surface area contributed by atoms with Crippen LogP contribution in [0.3, 0.4) is 0 Å². The van der Waals surface area contributed by atoms with Crippen molar-refractivity contribution < 1.29 is 8.81 Å². The highest BCUT2D eigenvalue weighted by Crippen LogP contribution is 2.33. The molecule has 2 heterocycles. The Hall–Kier alpha value is -2.79. The minimum atomic E-state index is -0.255. The molecule has 0 saturated heterocycles. The van der Waals surface area contributed by atoms with Crippen LogP contribution in [0.25, 0.3) is 33.5 Å². The van der Waals surface area contributed by atoms with Gasteiger partial charge in [-0.25, -0.2) is 14.4 Å². The van der Waals surface area contributed by atoms with E-state index in [9.17, 15) is 4.39 Å². The summed E-state index contributed by atoms with van der Waals surface area (Å²) in [5.41, 5.74) is 3.35. The van der Waals surface area contributed by atoms with E-state index in [1.165, 1.54) is 23.5 Å². The molecule has 3 nitrogen and oxygen atoms in total. The second-order valence-corrected chi connectivity index (χ2v) is 6.20. The van der Waals surface area contributed by atoms with Crippen molar-refractivity contribution in [3.05, 3.63) is 71.5 Å². The normalized spacial score (nSPS) is 10.9. The molecule has 0 N–H and O–H groups in total. The fourth-order valence-electron chi connectivity index (χ4n) is 2.44. The van der Waals surface area contributed by atoms with Gasteiger partial charge in [0.25, 0.3) is 0 Å². The van der Waals surface area contributed by atoms with Crippen molar-refractivity contribution in [2.24, 2.45) is 0 Å². The highest BCUT2D eigenvalue weighted by Gasteiger charge is 2.16. The lowest BCUT2D eigenvalue weighted by molar-refractivity contribution is 0.586. The highest BCUT2D eigenvalue weighted by atomic mass is 32.1. The van der Waals surface area contributed by atoms with E-state index in [1.54, 1.807) is 12.1 Å². The molecule has 5 heteroatoms. The van der Waals surface area contributed by atoms with Crippen molar-refractivity contribution in [2.75, 3.05) is 0 Å². The lowest BCUT2D eigenvalue weighted by Crippen LogP contribution is -1.81. The Bertz CT molecular complexity index is 974. The van der Waals surface area contributed by atoms with E-state index in [0.29, 0.717) is 11.7 Å². The van der Waals surface area contributed by atoms with Gasteiger partial charge in [-0.1, -0.05) is 18.2 Å². The van der Waals surface area contributed by atoms with Crippen LogP contribution in [0.4, 0.5) is 4.39 Å². The Balaban J connectivity index is 1.70. The average molecular weight is 336 g/mol. The molecule has 0 atom stereocenters. The quantitative estimate of drug-likeness (QED) is 0.490. The van der Waals surface area contributed by atoms with Crippen molar-refractivity contribution in [1.82, 2.24) is 9.97 Å². The molecule has 0 saturated carbocycles. The topological polar surface area (TPSA) is 38.9 Å². The molecule has 4 rings (SSSR count). The summed E-state index contributed by atoms with van der Waals surface area (Å²) in [6.45, 7) is 1.90. The third-order valence-corrected chi connectivity index (χ3v) is 4.54. The van der Waals surface area contributed by atoms with Crippen LogP contribution >= 0.6 is 11.3 Å². The number of oxazole rings is 1. The second kappa shape index (κ2) is 6.02. The monoisotopic (exact) mass is 336 g/mol. The first-order chi connectivity index (χ1) is 11.7. The molecule has 0 aliphatic rings. The second-order valence-electron chi connectivity index (χ2n) is 5.34. The van der Waals surface area contributed by atoms with Gasteiger partial charge in [0.1, 0.15) is 16.5 Å². The van der Waals surface area contributed by atoms with Gasteiger partial charge >= 0.3 is 0 Å². The molecule has 24 heavy (non-hydrogen) atoms. The predicted octanol–water partition coefficient (Wildman–Crippen LogP) is 5.58. The van der Waals surface area contributed by atoms with Crippen molar-refractivity contribution in [3.8, 4) is 33.5 Å². The van der Waals surface area contributed by atoms with E-state index in [2.05, 4.69) is 9.97 Å². The van der Waals surface area contributed by atoms with Gasteiger partial charge in [0, 0.05) is 16.5 Å². The van der Waals surface area contributed by atoms with E-state index < -0.39 is 0 Å². The van der Waals surface area contributed by atoms with Crippen LogP contribution in [-0.2, 0) is 0 Å². The summed E-state index contributed by atoms with van der Waals surface area (Å²) < 4.78 is 19.0. The molecule has 2 aromatic carbocycles. The first-order valence-corrected chi connectivity index (χ1v) is 8.33. The molecule has 0 bridgehead atoms. The van der Waals surface area contributed by atoms with E-state index in [0.717, 1.165) is 27.5 Å². The van der Waals surface area contributed by atoms with Crippen molar-refractivity contribution in [2.45, 2.75) is 6.92 Å². The van der Waals surface area contributed by atoms with E-state index >= 15 is 0 Å². The maximum absolute atomic E-state index is 13.0. The van der Waals surface area contributed by atoms with Gasteiger partial charge in [-0.3, -0.25) is 0 Å². The van der Waals surface area contributed by atoms with Gasteiger partial charge < -0.3 is 4.42 Å². The molecular formula is C19H13FN2OS. The summed E-state index contributed by atoms with van der Waals surface area (Å²) in [4.78, 5) is 9.11. The van der Waals surface area contributed by atoms with E-state index in [1.807, 2.05) is 42.6 Å². The molecule has 0 radical (unpaired) electrons. The minimum Gasteiger partial charge on any atom is -0.434 e. The minimum absolute atomic E-state index is 0.255. The summed E-state index contributed by atoms with van der Waals surface area (Å²) in [5.74, 6) is 0.993. The largest absolute Gasteiger partial charge is 0.434 e. The molecule has 2 aromatic heterocycles. The van der Waals surface area contributed by atoms with Gasteiger partial charge in [0.2, 0.25) is 5.89 Å². The van der Waals surface area contributed by atoms with Crippen molar-refractivity contribution in [3.63, 3.8) is 0 Å². The number of thiazole rings is 1. The molecule has 0 fully saturated rings. The Labute approximate surface area is 142 Å². The van der Waals surface area contributed by atoms with Crippen LogP contribution in [0.15, 0.2) is 64.4 Å². The number of halogens is 1. The van der Waals surface area contributed by atoms with Gasteiger partial charge in [0.15, 0.2) is 5.76 Å². The molecule has 4 aromatic rings. The van der Waals surface area contributed by atoms with Gasteiger partial charge in [-0.05, 0) is 43.3 Å². The fourth-order valence-corrected chi connectivity index (χ4v) is 3.25. The zero-order valence-corrected chi connectivity index (χ0v) is 13.7. The molecule has 0 unspecified atom stereocenters. The lowest BCUT2D eigenvalue weighted by Gasteiger charge is -1.95. The molecule has 0 aliphatic carbocycles. The standard InChI is InChI=1S/C19H13FN2OS/c1-12-17(23-18(21-12)13-5-3-2-4-6-13)16-11-24-19(22-16)14-7-9-15(20)10-8-14/h2-11H,1H3. The summed E-state index contributed by atoms with van der Waals surface area (Å²) >= 11 is 1.50. The Morgan fingerprint density at radius 1 is 0.917 bits per heavy atom. The van der Waals surface area contributed by atoms with Crippen LogP contribution in [-0.4, -0.2) is 9.97 Å². The Morgan fingerprint density at radius 2 is 1.67 bits per heavy atom. The van der Waals surface area contributed by atoms with Crippen molar-refractivity contribution >= 4 is 11.3 Å². The fraction of sp³-hybridized carbons (Fsp3) is 0.0526.